The second-order valence-electron chi connectivity index (χ2n) is 5.81. The summed E-state index contributed by atoms with van der Waals surface area (Å²) in [4.78, 5) is 12.1. The van der Waals surface area contributed by atoms with Gasteiger partial charge >= 0.3 is 5.97 Å². The summed E-state index contributed by atoms with van der Waals surface area (Å²) >= 11 is 0. The molecule has 0 amide bonds. The van der Waals surface area contributed by atoms with Crippen molar-refractivity contribution in [3.63, 3.8) is 0 Å². The molecule has 1 saturated heterocycles. The molecule has 0 N–H and O–H groups in total. The van der Waals surface area contributed by atoms with Gasteiger partial charge in [-0.2, -0.15) is 0 Å². The summed E-state index contributed by atoms with van der Waals surface area (Å²) in [5, 5.41) is 0. The Balaban J connectivity index is 2.28. The molecule has 3 nitrogen and oxygen atoms in total. The lowest BCUT2D eigenvalue weighted by Crippen LogP contribution is -2.43. The van der Waals surface area contributed by atoms with Crippen LogP contribution in [0.3, 0.4) is 0 Å². The highest BCUT2D eigenvalue weighted by Gasteiger charge is 2.52. The maximum Gasteiger partial charge on any atom is 0.309 e. The lowest BCUT2D eigenvalue weighted by molar-refractivity contribution is -0.154. The van der Waals surface area contributed by atoms with Crippen LogP contribution in [0, 0.1) is 23.2 Å². The van der Waals surface area contributed by atoms with Crippen molar-refractivity contribution >= 4 is 5.97 Å². The normalized spacial score (nSPS) is 38.8. The van der Waals surface area contributed by atoms with Crippen LogP contribution in [0.5, 0.6) is 0 Å². The number of allylic oxidation sites excluding steroid dienone is 1. The van der Waals surface area contributed by atoms with E-state index < -0.39 is 0 Å². The number of esters is 1. The SMILES string of the molecule is CCOC(=O)[C@@H]1[C@@H]2[C@@H](C=C[C@H]1C)OCC2(C)C. The third-order valence-electron chi connectivity index (χ3n) is 4.02. The molecule has 1 aliphatic heterocycles. The Bertz CT molecular complexity index is 332. The largest absolute Gasteiger partial charge is 0.466 e. The third kappa shape index (κ3) is 2.13. The highest BCUT2D eigenvalue weighted by Crippen LogP contribution is 2.48. The number of hydrogen-bond acceptors (Lipinski definition) is 3. The van der Waals surface area contributed by atoms with Crippen LogP contribution in [-0.4, -0.2) is 25.3 Å². The van der Waals surface area contributed by atoms with Crippen LogP contribution in [-0.2, 0) is 14.3 Å². The van der Waals surface area contributed by atoms with Gasteiger partial charge in [0.15, 0.2) is 0 Å². The summed E-state index contributed by atoms with van der Waals surface area (Å²) in [5.74, 6) is 0.332. The number of fused-ring (bicyclic) bond motifs is 1. The minimum Gasteiger partial charge on any atom is -0.466 e. The predicted octanol–water partition coefficient (Wildman–Crippen LogP) is 2.41. The Morgan fingerprint density at radius 3 is 2.82 bits per heavy atom. The second-order valence-corrected chi connectivity index (χ2v) is 5.81. The molecule has 0 aromatic rings. The topological polar surface area (TPSA) is 35.5 Å². The maximum absolute atomic E-state index is 12.1. The number of ether oxygens (including phenoxy) is 2. The molecule has 17 heavy (non-hydrogen) atoms. The number of rotatable bonds is 2. The van der Waals surface area contributed by atoms with Crippen molar-refractivity contribution in [3.8, 4) is 0 Å². The highest BCUT2D eigenvalue weighted by molar-refractivity contribution is 5.74. The third-order valence-corrected chi connectivity index (χ3v) is 4.02. The summed E-state index contributed by atoms with van der Waals surface area (Å²) in [6.07, 6.45) is 4.28. The summed E-state index contributed by atoms with van der Waals surface area (Å²) in [6.45, 7) is 9.46. The molecule has 2 aliphatic rings. The van der Waals surface area contributed by atoms with Crippen LogP contribution in [0.2, 0.25) is 0 Å². The quantitative estimate of drug-likeness (QED) is 0.547. The molecule has 0 aromatic carbocycles. The van der Waals surface area contributed by atoms with Gasteiger partial charge in [0.25, 0.3) is 0 Å². The van der Waals surface area contributed by atoms with Crippen molar-refractivity contribution in [2.75, 3.05) is 13.2 Å². The van der Waals surface area contributed by atoms with Crippen molar-refractivity contribution in [2.24, 2.45) is 23.2 Å². The van der Waals surface area contributed by atoms with E-state index in [9.17, 15) is 4.79 Å². The first-order valence-electron chi connectivity index (χ1n) is 6.44. The van der Waals surface area contributed by atoms with Gasteiger partial charge in [-0.3, -0.25) is 4.79 Å². The molecule has 96 valence electrons. The fraction of sp³-hybridized carbons (Fsp3) is 0.786. The van der Waals surface area contributed by atoms with Crippen LogP contribution in [0.25, 0.3) is 0 Å². The number of hydrogen-bond donors (Lipinski definition) is 0. The lowest BCUT2D eigenvalue weighted by Gasteiger charge is -2.38. The summed E-state index contributed by atoms with van der Waals surface area (Å²) in [7, 11) is 0. The Hall–Kier alpha value is -0.830. The van der Waals surface area contributed by atoms with Crippen molar-refractivity contribution in [1.82, 2.24) is 0 Å². The van der Waals surface area contributed by atoms with Gasteiger partial charge in [0, 0.05) is 5.92 Å². The maximum atomic E-state index is 12.1. The van der Waals surface area contributed by atoms with Gasteiger partial charge in [-0.05, 0) is 18.3 Å². The summed E-state index contributed by atoms with van der Waals surface area (Å²) in [5.41, 5.74) is 0.0428. The minimum atomic E-state index is -0.0714. The molecule has 2 rings (SSSR count). The molecule has 0 spiro atoms. The Kier molecular flexibility index (Phi) is 3.30. The molecule has 4 atom stereocenters. The van der Waals surface area contributed by atoms with Gasteiger partial charge in [-0.15, -0.1) is 0 Å². The average molecular weight is 238 g/mol. The molecule has 0 saturated carbocycles. The van der Waals surface area contributed by atoms with Crippen molar-refractivity contribution in [1.29, 1.82) is 0 Å². The van der Waals surface area contributed by atoms with E-state index in [1.165, 1.54) is 0 Å². The first-order valence-corrected chi connectivity index (χ1v) is 6.44. The predicted molar refractivity (Wildman–Crippen MR) is 65.4 cm³/mol. The summed E-state index contributed by atoms with van der Waals surface area (Å²) < 4.78 is 11.0. The van der Waals surface area contributed by atoms with E-state index in [4.69, 9.17) is 9.47 Å². The van der Waals surface area contributed by atoms with Crippen molar-refractivity contribution < 1.29 is 14.3 Å². The van der Waals surface area contributed by atoms with Crippen LogP contribution in [0.15, 0.2) is 12.2 Å². The zero-order chi connectivity index (χ0) is 12.6. The molecule has 3 heteroatoms. The smallest absolute Gasteiger partial charge is 0.309 e. The highest BCUT2D eigenvalue weighted by atomic mass is 16.5. The van der Waals surface area contributed by atoms with E-state index >= 15 is 0 Å². The van der Waals surface area contributed by atoms with E-state index in [2.05, 4.69) is 32.9 Å². The van der Waals surface area contributed by atoms with Crippen molar-refractivity contribution in [3.05, 3.63) is 12.2 Å². The first-order chi connectivity index (χ1) is 7.97. The van der Waals surface area contributed by atoms with E-state index in [0.29, 0.717) is 6.61 Å². The molecule has 1 heterocycles. The number of carbonyl (C=O) groups is 1. The van der Waals surface area contributed by atoms with Crippen molar-refractivity contribution in [2.45, 2.75) is 33.8 Å². The van der Waals surface area contributed by atoms with E-state index in [1.54, 1.807) is 0 Å². The first kappa shape index (κ1) is 12.6. The van der Waals surface area contributed by atoms with E-state index in [1.807, 2.05) is 6.92 Å². The lowest BCUT2D eigenvalue weighted by atomic mass is 9.65. The van der Waals surface area contributed by atoms with Gasteiger partial charge in [-0.25, -0.2) is 0 Å². The molecule has 0 radical (unpaired) electrons. The van der Waals surface area contributed by atoms with Gasteiger partial charge < -0.3 is 9.47 Å². The molecule has 0 aromatic heterocycles. The zero-order valence-corrected chi connectivity index (χ0v) is 11.1. The van der Waals surface area contributed by atoms with Crippen LogP contribution in [0.4, 0.5) is 0 Å². The monoisotopic (exact) mass is 238 g/mol. The minimum absolute atomic E-state index is 0.0428. The Labute approximate surface area is 103 Å². The van der Waals surface area contributed by atoms with Crippen LogP contribution in [0.1, 0.15) is 27.7 Å². The Morgan fingerprint density at radius 2 is 2.18 bits per heavy atom. The standard InChI is InChI=1S/C14H22O3/c1-5-16-13(15)11-9(2)6-7-10-12(11)14(3,4)8-17-10/h6-7,9-12H,5,8H2,1-4H3/t9-,10-,11+,12+/m1/s1. The van der Waals surface area contributed by atoms with E-state index in [-0.39, 0.29) is 35.2 Å². The van der Waals surface area contributed by atoms with Gasteiger partial charge in [0.1, 0.15) is 0 Å². The molecular formula is C14H22O3. The molecule has 1 fully saturated rings. The van der Waals surface area contributed by atoms with Gasteiger partial charge in [0.05, 0.1) is 25.2 Å². The average Bonchev–Trinajstić information content (AvgIpc) is 2.55. The van der Waals surface area contributed by atoms with Gasteiger partial charge in [-0.1, -0.05) is 32.9 Å². The molecule has 0 unspecified atom stereocenters. The second kappa shape index (κ2) is 4.45. The number of carbonyl (C=O) groups excluding carboxylic acids is 1. The molecule has 0 bridgehead atoms. The fourth-order valence-electron chi connectivity index (χ4n) is 3.15. The molecule has 1 aliphatic carbocycles. The fourth-order valence-corrected chi connectivity index (χ4v) is 3.15. The van der Waals surface area contributed by atoms with E-state index in [0.717, 1.165) is 6.61 Å². The Morgan fingerprint density at radius 1 is 1.47 bits per heavy atom. The molecular weight excluding hydrogens is 216 g/mol. The summed E-state index contributed by atoms with van der Waals surface area (Å²) in [6, 6.07) is 0. The van der Waals surface area contributed by atoms with Crippen LogP contribution >= 0.6 is 0 Å². The van der Waals surface area contributed by atoms with Gasteiger partial charge in [0.2, 0.25) is 0 Å². The van der Waals surface area contributed by atoms with Crippen LogP contribution < -0.4 is 0 Å². The zero-order valence-electron chi connectivity index (χ0n) is 11.1.